The highest BCUT2D eigenvalue weighted by molar-refractivity contribution is 6.10. The highest BCUT2D eigenvalue weighted by atomic mass is 19.4. The van der Waals surface area contributed by atoms with E-state index >= 15 is 0 Å². The summed E-state index contributed by atoms with van der Waals surface area (Å²) in [5, 5.41) is 2.03. The first-order valence-electron chi connectivity index (χ1n) is 17.6. The van der Waals surface area contributed by atoms with Crippen molar-refractivity contribution in [2.75, 3.05) is 0 Å². The van der Waals surface area contributed by atoms with Crippen molar-refractivity contribution in [3.05, 3.63) is 181 Å². The van der Waals surface area contributed by atoms with E-state index in [0.29, 0.717) is 34.3 Å². The van der Waals surface area contributed by atoms with Gasteiger partial charge in [0.1, 0.15) is 0 Å². The van der Waals surface area contributed by atoms with Crippen molar-refractivity contribution < 1.29 is 13.2 Å². The summed E-state index contributed by atoms with van der Waals surface area (Å²) in [6, 6.07) is 53.4. The molecule has 0 fully saturated rings. The number of hydrogen-bond donors (Lipinski definition) is 0. The molecule has 4 nitrogen and oxygen atoms in total. The summed E-state index contributed by atoms with van der Waals surface area (Å²) in [4.78, 5) is 15.0. The van der Waals surface area contributed by atoms with Gasteiger partial charge in [0, 0.05) is 27.5 Å². The van der Waals surface area contributed by atoms with Gasteiger partial charge in [-0.3, -0.25) is 0 Å². The van der Waals surface area contributed by atoms with Crippen molar-refractivity contribution >= 4 is 21.8 Å². The molecule has 0 atom stereocenters. The molecule has 0 bridgehead atoms. The minimum Gasteiger partial charge on any atom is -0.308 e. The van der Waals surface area contributed by atoms with Crippen LogP contribution in [0.2, 0.25) is 0 Å². The second kappa shape index (κ2) is 13.3. The first-order valence-corrected chi connectivity index (χ1v) is 17.6. The fourth-order valence-corrected chi connectivity index (χ4v) is 7.14. The third-order valence-electron chi connectivity index (χ3n) is 9.78. The summed E-state index contributed by atoms with van der Waals surface area (Å²) < 4.78 is 45.6. The molecule has 54 heavy (non-hydrogen) atoms. The van der Waals surface area contributed by atoms with Gasteiger partial charge in [0.05, 0.1) is 22.3 Å². The van der Waals surface area contributed by atoms with Crippen LogP contribution in [0.4, 0.5) is 13.2 Å². The number of halogens is 3. The van der Waals surface area contributed by atoms with Gasteiger partial charge in [-0.2, -0.15) is 13.2 Å². The van der Waals surface area contributed by atoms with E-state index in [9.17, 15) is 13.2 Å². The zero-order valence-corrected chi connectivity index (χ0v) is 29.1. The maximum Gasteiger partial charge on any atom is 0.417 e. The zero-order valence-electron chi connectivity index (χ0n) is 29.1. The van der Waals surface area contributed by atoms with Gasteiger partial charge in [-0.15, -0.1) is 0 Å². The smallest absolute Gasteiger partial charge is 0.308 e. The predicted octanol–water partition coefficient (Wildman–Crippen LogP) is 12.6. The predicted molar refractivity (Wildman–Crippen MR) is 211 cm³/mol. The number of benzene rings is 7. The van der Waals surface area contributed by atoms with Crippen molar-refractivity contribution in [1.82, 2.24) is 19.5 Å². The van der Waals surface area contributed by atoms with Crippen LogP contribution in [0, 0.1) is 6.92 Å². The lowest BCUT2D eigenvalue weighted by Gasteiger charge is -2.18. The van der Waals surface area contributed by atoms with Crippen LogP contribution in [-0.4, -0.2) is 19.5 Å². The molecule has 0 aliphatic heterocycles. The molecule has 2 aromatic heterocycles. The second-order valence-corrected chi connectivity index (χ2v) is 13.3. The quantitative estimate of drug-likeness (QED) is 0.173. The zero-order chi connectivity index (χ0) is 36.8. The maximum absolute atomic E-state index is 14.5. The van der Waals surface area contributed by atoms with E-state index in [-0.39, 0.29) is 5.56 Å². The summed E-state index contributed by atoms with van der Waals surface area (Å²) in [6.45, 7) is 2.06. The van der Waals surface area contributed by atoms with Gasteiger partial charge in [0.2, 0.25) is 0 Å². The molecule has 0 unspecified atom stereocenters. The number of nitrogens with zero attached hydrogens (tertiary/aromatic N) is 4. The highest BCUT2D eigenvalue weighted by Gasteiger charge is 2.33. The average molecular weight is 709 g/mol. The number of aromatic nitrogens is 4. The monoisotopic (exact) mass is 708 g/mol. The van der Waals surface area contributed by atoms with Gasteiger partial charge in [-0.05, 0) is 59.5 Å². The molecule has 0 N–H and O–H groups in total. The van der Waals surface area contributed by atoms with Crippen molar-refractivity contribution in [1.29, 1.82) is 0 Å². The van der Waals surface area contributed by atoms with Crippen molar-refractivity contribution in [3.8, 4) is 62.1 Å². The highest BCUT2D eigenvalue weighted by Crippen LogP contribution is 2.42. The maximum atomic E-state index is 14.5. The van der Waals surface area contributed by atoms with E-state index < -0.39 is 11.7 Å². The van der Waals surface area contributed by atoms with Crippen LogP contribution in [0.5, 0.6) is 0 Å². The Morgan fingerprint density at radius 1 is 0.426 bits per heavy atom. The van der Waals surface area contributed by atoms with E-state index in [0.717, 1.165) is 55.7 Å². The number of hydrogen-bond acceptors (Lipinski definition) is 3. The van der Waals surface area contributed by atoms with Crippen LogP contribution in [0.25, 0.3) is 83.9 Å². The molecule has 9 aromatic rings. The molecule has 2 heterocycles. The number of para-hydroxylation sites is 1. The number of fused-ring (bicyclic) bond motifs is 3. The Morgan fingerprint density at radius 3 is 1.67 bits per heavy atom. The second-order valence-electron chi connectivity index (χ2n) is 13.3. The van der Waals surface area contributed by atoms with Gasteiger partial charge in [-0.25, -0.2) is 15.0 Å². The van der Waals surface area contributed by atoms with Crippen LogP contribution in [0.3, 0.4) is 0 Å². The van der Waals surface area contributed by atoms with Gasteiger partial charge in [0.25, 0.3) is 0 Å². The summed E-state index contributed by atoms with van der Waals surface area (Å²) in [6.07, 6.45) is -4.55. The molecule has 0 amide bonds. The Kier molecular flexibility index (Phi) is 8.12. The Bertz CT molecular complexity index is 2750. The average Bonchev–Trinajstić information content (AvgIpc) is 3.54. The third-order valence-corrected chi connectivity index (χ3v) is 9.78. The van der Waals surface area contributed by atoms with Crippen molar-refractivity contribution in [3.63, 3.8) is 0 Å². The molecular weight excluding hydrogens is 678 g/mol. The number of aryl methyl sites for hydroxylation is 1. The lowest BCUT2D eigenvalue weighted by atomic mass is 9.96. The number of alkyl halides is 3. The fraction of sp³-hybridized carbons (Fsp3) is 0.0426. The molecule has 0 aliphatic rings. The summed E-state index contributed by atoms with van der Waals surface area (Å²) in [5.74, 6) is 1.37. The number of rotatable bonds is 6. The van der Waals surface area contributed by atoms with Crippen LogP contribution in [-0.2, 0) is 6.18 Å². The lowest BCUT2D eigenvalue weighted by Crippen LogP contribution is -2.07. The Hall–Kier alpha value is -6.86. The van der Waals surface area contributed by atoms with E-state index in [4.69, 9.17) is 15.0 Å². The third kappa shape index (κ3) is 5.99. The SMILES string of the molecule is Cc1ccc(-c2ccc3c4ccccc4n(-c4cc(-c5ccccc5C(F)(F)F)ccc4-c4nc(-c5ccccc5)nc(-c5ccccc5)n4)c3c2)cc1. The lowest BCUT2D eigenvalue weighted by molar-refractivity contribution is -0.137. The van der Waals surface area contributed by atoms with Gasteiger partial charge in [0.15, 0.2) is 17.5 Å². The first kappa shape index (κ1) is 33.0. The Morgan fingerprint density at radius 2 is 0.981 bits per heavy atom. The topological polar surface area (TPSA) is 43.6 Å². The van der Waals surface area contributed by atoms with Crippen molar-refractivity contribution in [2.45, 2.75) is 13.1 Å². The summed E-state index contributed by atoms with van der Waals surface area (Å²) in [5.41, 5.74) is 7.76. The van der Waals surface area contributed by atoms with E-state index in [1.54, 1.807) is 12.1 Å². The van der Waals surface area contributed by atoms with Crippen LogP contribution in [0.1, 0.15) is 11.1 Å². The van der Waals surface area contributed by atoms with Gasteiger partial charge in [-0.1, -0.05) is 145 Å². The van der Waals surface area contributed by atoms with Crippen LogP contribution >= 0.6 is 0 Å². The first-order chi connectivity index (χ1) is 26.3. The largest absolute Gasteiger partial charge is 0.417 e. The Balaban J connectivity index is 1.37. The van der Waals surface area contributed by atoms with Crippen LogP contribution < -0.4 is 0 Å². The summed E-state index contributed by atoms with van der Waals surface area (Å²) >= 11 is 0. The molecule has 7 heteroatoms. The molecule has 0 radical (unpaired) electrons. The van der Waals surface area contributed by atoms with Gasteiger partial charge < -0.3 is 4.57 Å². The van der Waals surface area contributed by atoms with E-state index in [1.165, 1.54) is 12.1 Å². The normalized spacial score (nSPS) is 11.7. The molecule has 0 saturated heterocycles. The molecular formula is C47H31F3N4. The standard InChI is InChI=1S/C47H31F3N4/c1-30-20-22-31(23-21-30)34-24-26-38-37-17-9-11-19-41(37)54(42(38)28-34)43-29-35(36-16-8-10-18-40(36)47(48,49)50)25-27-39(43)46-52-44(32-12-4-2-5-13-32)51-45(53-46)33-14-6-3-7-15-33/h2-29H,1H3. The van der Waals surface area contributed by atoms with Crippen LogP contribution in [0.15, 0.2) is 170 Å². The molecule has 260 valence electrons. The summed E-state index contributed by atoms with van der Waals surface area (Å²) in [7, 11) is 0. The molecule has 9 rings (SSSR count). The molecule has 0 saturated carbocycles. The van der Waals surface area contributed by atoms with Gasteiger partial charge >= 0.3 is 6.18 Å². The van der Waals surface area contributed by atoms with Crippen molar-refractivity contribution in [2.24, 2.45) is 0 Å². The fourth-order valence-electron chi connectivity index (χ4n) is 7.14. The molecule has 7 aromatic carbocycles. The van der Waals surface area contributed by atoms with E-state index in [1.807, 2.05) is 91.0 Å². The minimum absolute atomic E-state index is 0.0875. The van der Waals surface area contributed by atoms with E-state index in [2.05, 4.69) is 60.0 Å². The molecule has 0 aliphatic carbocycles. The Labute approximate surface area is 309 Å². The minimum atomic E-state index is -4.55. The molecule has 0 spiro atoms.